The monoisotopic (exact) mass is 226 g/mol. The van der Waals surface area contributed by atoms with Crippen LogP contribution in [0.4, 0.5) is 8.78 Å². The lowest BCUT2D eigenvalue weighted by molar-refractivity contribution is -0.142. The van der Waals surface area contributed by atoms with Gasteiger partial charge in [0.25, 0.3) is 0 Å². The first-order valence-electron chi connectivity index (χ1n) is 5.19. The van der Waals surface area contributed by atoms with Crippen LogP contribution >= 0.6 is 0 Å². The number of rotatable bonds is 1. The van der Waals surface area contributed by atoms with E-state index >= 15 is 0 Å². The van der Waals surface area contributed by atoms with Gasteiger partial charge in [0.2, 0.25) is 0 Å². The highest BCUT2D eigenvalue weighted by Crippen LogP contribution is 2.34. The maximum absolute atomic E-state index is 13.5. The van der Waals surface area contributed by atoms with Crippen molar-refractivity contribution in [3.05, 3.63) is 34.9 Å². The molecule has 86 valence electrons. The molecule has 1 aliphatic carbocycles. The van der Waals surface area contributed by atoms with Crippen molar-refractivity contribution in [1.29, 1.82) is 0 Å². The van der Waals surface area contributed by atoms with E-state index in [4.69, 9.17) is 0 Å². The fourth-order valence-corrected chi connectivity index (χ4v) is 2.21. The van der Waals surface area contributed by atoms with Crippen molar-refractivity contribution in [3.8, 4) is 0 Å². The van der Waals surface area contributed by atoms with E-state index in [0.717, 1.165) is 6.07 Å². The smallest absolute Gasteiger partial charge is 0.313 e. The average Bonchev–Trinajstić information content (AvgIpc) is 2.32. The Morgan fingerprint density at radius 2 is 2.19 bits per heavy atom. The van der Waals surface area contributed by atoms with Gasteiger partial charge in [-0.15, -0.1) is 0 Å². The Kier molecular flexibility index (Phi) is 2.90. The summed E-state index contributed by atoms with van der Waals surface area (Å²) in [5.41, 5.74) is 0.888. The number of carbonyl (C=O) groups is 1. The summed E-state index contributed by atoms with van der Waals surface area (Å²) in [6.45, 7) is 0. The maximum Gasteiger partial charge on any atom is 0.313 e. The standard InChI is InChI=1S/C12H12F2O2/c1-16-12(15)9-4-2-3-8-7(9)5-6-10(13)11(8)14/h5-6,9H,2-4H2,1H3. The van der Waals surface area contributed by atoms with Gasteiger partial charge in [0.05, 0.1) is 13.0 Å². The topological polar surface area (TPSA) is 26.3 Å². The number of ether oxygens (including phenoxy) is 1. The minimum Gasteiger partial charge on any atom is -0.469 e. The number of benzene rings is 1. The summed E-state index contributed by atoms with van der Waals surface area (Å²) >= 11 is 0. The lowest BCUT2D eigenvalue weighted by Gasteiger charge is -2.23. The predicted octanol–water partition coefficient (Wildman–Crippen LogP) is 2.56. The number of esters is 1. The molecule has 2 nitrogen and oxygen atoms in total. The first-order valence-corrected chi connectivity index (χ1v) is 5.19. The summed E-state index contributed by atoms with van der Waals surface area (Å²) in [6.07, 6.45) is 1.78. The molecular formula is C12H12F2O2. The van der Waals surface area contributed by atoms with E-state index in [1.54, 1.807) is 0 Å². The third-order valence-corrected chi connectivity index (χ3v) is 3.01. The van der Waals surface area contributed by atoms with E-state index < -0.39 is 17.6 Å². The van der Waals surface area contributed by atoms with Crippen LogP contribution < -0.4 is 0 Å². The molecule has 0 bridgehead atoms. The molecule has 0 spiro atoms. The molecular weight excluding hydrogens is 214 g/mol. The molecule has 4 heteroatoms. The Bertz CT molecular complexity index is 429. The average molecular weight is 226 g/mol. The van der Waals surface area contributed by atoms with E-state index in [1.807, 2.05) is 0 Å². The fraction of sp³-hybridized carbons (Fsp3) is 0.417. The van der Waals surface area contributed by atoms with Crippen molar-refractivity contribution in [1.82, 2.24) is 0 Å². The van der Waals surface area contributed by atoms with Gasteiger partial charge in [-0.3, -0.25) is 4.79 Å². The van der Waals surface area contributed by atoms with Gasteiger partial charge in [-0.1, -0.05) is 6.07 Å². The molecule has 1 aromatic rings. The van der Waals surface area contributed by atoms with Crippen LogP contribution in [0.1, 0.15) is 29.9 Å². The van der Waals surface area contributed by atoms with Crippen LogP contribution in [0, 0.1) is 11.6 Å². The van der Waals surface area contributed by atoms with Crippen molar-refractivity contribution in [2.75, 3.05) is 7.11 Å². The molecule has 16 heavy (non-hydrogen) atoms. The van der Waals surface area contributed by atoms with E-state index in [1.165, 1.54) is 13.2 Å². The summed E-state index contributed by atoms with van der Waals surface area (Å²) in [4.78, 5) is 11.5. The molecule has 0 fully saturated rings. The fourth-order valence-electron chi connectivity index (χ4n) is 2.21. The van der Waals surface area contributed by atoms with Crippen molar-refractivity contribution < 1.29 is 18.3 Å². The van der Waals surface area contributed by atoms with Crippen molar-refractivity contribution >= 4 is 5.97 Å². The van der Waals surface area contributed by atoms with Gasteiger partial charge in [-0.05, 0) is 36.5 Å². The zero-order chi connectivity index (χ0) is 11.7. The molecule has 0 radical (unpaired) electrons. The van der Waals surface area contributed by atoms with Crippen LogP contribution in [-0.2, 0) is 16.0 Å². The second-order valence-electron chi connectivity index (χ2n) is 3.90. The van der Waals surface area contributed by atoms with E-state index in [9.17, 15) is 13.6 Å². The van der Waals surface area contributed by atoms with E-state index in [2.05, 4.69) is 4.74 Å². The van der Waals surface area contributed by atoms with Crippen LogP contribution in [0.15, 0.2) is 12.1 Å². The number of halogens is 2. The highest BCUT2D eigenvalue weighted by atomic mass is 19.2. The lowest BCUT2D eigenvalue weighted by Crippen LogP contribution is -2.21. The second-order valence-corrected chi connectivity index (χ2v) is 3.90. The van der Waals surface area contributed by atoms with Gasteiger partial charge < -0.3 is 4.74 Å². The highest BCUT2D eigenvalue weighted by Gasteiger charge is 2.29. The zero-order valence-electron chi connectivity index (χ0n) is 8.93. The molecule has 2 rings (SSSR count). The number of methoxy groups -OCH3 is 1. The van der Waals surface area contributed by atoms with Crippen molar-refractivity contribution in [2.45, 2.75) is 25.2 Å². The minimum atomic E-state index is -0.857. The molecule has 1 aromatic carbocycles. The van der Waals surface area contributed by atoms with Gasteiger partial charge in [0, 0.05) is 0 Å². The highest BCUT2D eigenvalue weighted by molar-refractivity contribution is 5.79. The summed E-state index contributed by atoms with van der Waals surface area (Å²) in [6, 6.07) is 2.55. The first kappa shape index (κ1) is 11.0. The normalized spacial score (nSPS) is 19.1. The van der Waals surface area contributed by atoms with Crippen LogP contribution in [0.2, 0.25) is 0 Å². The summed E-state index contributed by atoms with van der Waals surface area (Å²) in [5.74, 6) is -2.52. The molecule has 0 aromatic heterocycles. The van der Waals surface area contributed by atoms with Crippen LogP contribution in [-0.4, -0.2) is 13.1 Å². The van der Waals surface area contributed by atoms with Gasteiger partial charge >= 0.3 is 5.97 Å². The number of hydrogen-bond acceptors (Lipinski definition) is 2. The predicted molar refractivity (Wildman–Crippen MR) is 54.1 cm³/mol. The molecule has 0 amide bonds. The van der Waals surface area contributed by atoms with Gasteiger partial charge in [0.15, 0.2) is 11.6 Å². The Labute approximate surface area is 92.2 Å². The summed E-state index contributed by atoms with van der Waals surface area (Å²) < 4.78 is 31.2. The lowest BCUT2D eigenvalue weighted by atomic mass is 9.82. The van der Waals surface area contributed by atoms with E-state index in [0.29, 0.717) is 30.4 Å². The van der Waals surface area contributed by atoms with Crippen molar-refractivity contribution in [3.63, 3.8) is 0 Å². The SMILES string of the molecule is COC(=O)C1CCCc2c1ccc(F)c2F. The summed E-state index contributed by atoms with van der Waals surface area (Å²) in [5, 5.41) is 0. The zero-order valence-corrected chi connectivity index (χ0v) is 8.93. The molecule has 0 aliphatic heterocycles. The van der Waals surface area contributed by atoms with Gasteiger partial charge in [0.1, 0.15) is 0 Å². The minimum absolute atomic E-state index is 0.321. The molecule has 0 saturated heterocycles. The first-order chi connectivity index (χ1) is 7.65. The van der Waals surface area contributed by atoms with Crippen molar-refractivity contribution in [2.24, 2.45) is 0 Å². The van der Waals surface area contributed by atoms with Gasteiger partial charge in [-0.25, -0.2) is 8.78 Å². The molecule has 0 heterocycles. The van der Waals surface area contributed by atoms with Gasteiger partial charge in [-0.2, -0.15) is 0 Å². The third kappa shape index (κ3) is 1.68. The molecule has 0 saturated carbocycles. The second kappa shape index (κ2) is 4.20. The molecule has 1 atom stereocenters. The van der Waals surface area contributed by atoms with Crippen LogP contribution in [0.25, 0.3) is 0 Å². The van der Waals surface area contributed by atoms with Crippen LogP contribution in [0.3, 0.4) is 0 Å². The Balaban J connectivity index is 2.47. The largest absolute Gasteiger partial charge is 0.469 e. The van der Waals surface area contributed by atoms with E-state index in [-0.39, 0.29) is 5.97 Å². The molecule has 1 unspecified atom stereocenters. The number of hydrogen-bond donors (Lipinski definition) is 0. The Morgan fingerprint density at radius 1 is 1.44 bits per heavy atom. The number of fused-ring (bicyclic) bond motifs is 1. The molecule has 0 N–H and O–H groups in total. The summed E-state index contributed by atoms with van der Waals surface area (Å²) in [7, 11) is 1.30. The Hall–Kier alpha value is -1.45. The number of carbonyl (C=O) groups excluding carboxylic acids is 1. The Morgan fingerprint density at radius 3 is 2.88 bits per heavy atom. The molecule has 1 aliphatic rings. The van der Waals surface area contributed by atoms with Crippen LogP contribution in [0.5, 0.6) is 0 Å². The quantitative estimate of drug-likeness (QED) is 0.688. The maximum atomic E-state index is 13.5. The third-order valence-electron chi connectivity index (χ3n) is 3.01.